The van der Waals surface area contributed by atoms with Crippen LogP contribution in [-0.4, -0.2) is 31.1 Å². The van der Waals surface area contributed by atoms with Crippen LogP contribution in [0.15, 0.2) is 36.4 Å². The fraction of sp³-hybridized carbons (Fsp3) is 0.278. The Morgan fingerprint density at radius 3 is 2.42 bits per heavy atom. The van der Waals surface area contributed by atoms with Crippen LogP contribution in [0.1, 0.15) is 12.5 Å². The number of nitrogens with zero attached hydrogens (tertiary/aromatic N) is 1. The van der Waals surface area contributed by atoms with E-state index in [4.69, 9.17) is 9.47 Å². The standard InChI is InChI=1S/C18H21N3O5/c1-11-8-16(25-3)17(26-4)10-15(11)19-12(2)18(22)20-13-6-5-7-14(9-13)21(23)24/h5-10,12,19H,1-4H3,(H,20,22). The van der Waals surface area contributed by atoms with Crippen molar-refractivity contribution in [1.29, 1.82) is 0 Å². The number of aryl methyl sites for hydroxylation is 1. The van der Waals surface area contributed by atoms with E-state index < -0.39 is 11.0 Å². The fourth-order valence-electron chi connectivity index (χ4n) is 2.38. The van der Waals surface area contributed by atoms with Crippen molar-refractivity contribution < 1.29 is 19.2 Å². The maximum Gasteiger partial charge on any atom is 0.271 e. The van der Waals surface area contributed by atoms with E-state index in [9.17, 15) is 14.9 Å². The predicted molar refractivity (Wildman–Crippen MR) is 99.1 cm³/mol. The molecule has 2 aromatic rings. The molecule has 0 aromatic heterocycles. The third kappa shape index (κ3) is 4.41. The van der Waals surface area contributed by atoms with E-state index in [1.165, 1.54) is 25.3 Å². The van der Waals surface area contributed by atoms with Gasteiger partial charge in [-0.15, -0.1) is 0 Å². The quantitative estimate of drug-likeness (QED) is 0.580. The largest absolute Gasteiger partial charge is 0.493 e. The number of hydrogen-bond donors (Lipinski definition) is 2. The molecule has 0 spiro atoms. The van der Waals surface area contributed by atoms with E-state index in [0.717, 1.165) is 11.3 Å². The van der Waals surface area contributed by atoms with E-state index in [2.05, 4.69) is 10.6 Å². The number of carbonyl (C=O) groups excluding carboxylic acids is 1. The van der Waals surface area contributed by atoms with E-state index in [0.29, 0.717) is 17.2 Å². The summed E-state index contributed by atoms with van der Waals surface area (Å²) in [6, 6.07) is 8.78. The molecule has 1 atom stereocenters. The Morgan fingerprint density at radius 2 is 1.81 bits per heavy atom. The van der Waals surface area contributed by atoms with Gasteiger partial charge in [0, 0.05) is 29.6 Å². The second-order valence-electron chi connectivity index (χ2n) is 5.68. The summed E-state index contributed by atoms with van der Waals surface area (Å²) in [5, 5.41) is 16.6. The first-order valence-corrected chi connectivity index (χ1v) is 7.90. The van der Waals surface area contributed by atoms with Crippen LogP contribution < -0.4 is 20.1 Å². The second-order valence-corrected chi connectivity index (χ2v) is 5.68. The van der Waals surface area contributed by atoms with Gasteiger partial charge >= 0.3 is 0 Å². The summed E-state index contributed by atoms with van der Waals surface area (Å²) in [5.41, 5.74) is 1.89. The minimum Gasteiger partial charge on any atom is -0.493 e. The molecule has 2 aromatic carbocycles. The lowest BCUT2D eigenvalue weighted by Gasteiger charge is -2.18. The van der Waals surface area contributed by atoms with Crippen LogP contribution in [-0.2, 0) is 4.79 Å². The number of rotatable bonds is 7. The first-order chi connectivity index (χ1) is 12.3. The average Bonchev–Trinajstić information content (AvgIpc) is 2.62. The number of ether oxygens (including phenoxy) is 2. The molecule has 8 heteroatoms. The molecule has 0 saturated carbocycles. The monoisotopic (exact) mass is 359 g/mol. The molecule has 1 amide bonds. The number of carbonyl (C=O) groups is 1. The molecule has 2 N–H and O–H groups in total. The second kappa shape index (κ2) is 8.19. The van der Waals surface area contributed by atoms with Gasteiger partial charge in [-0.25, -0.2) is 0 Å². The van der Waals surface area contributed by atoms with Crippen molar-refractivity contribution in [3.05, 3.63) is 52.1 Å². The van der Waals surface area contributed by atoms with Crippen molar-refractivity contribution >= 4 is 23.0 Å². The molecule has 0 radical (unpaired) electrons. The van der Waals surface area contributed by atoms with Crippen LogP contribution in [0.4, 0.5) is 17.1 Å². The van der Waals surface area contributed by atoms with Gasteiger partial charge in [0.25, 0.3) is 5.69 Å². The highest BCUT2D eigenvalue weighted by molar-refractivity contribution is 5.96. The SMILES string of the molecule is COc1cc(C)c(NC(C)C(=O)Nc2cccc([N+](=O)[O-])c2)cc1OC. The number of nitro benzene ring substituents is 1. The van der Waals surface area contributed by atoms with Crippen molar-refractivity contribution in [2.24, 2.45) is 0 Å². The summed E-state index contributed by atoms with van der Waals surface area (Å²) in [6.45, 7) is 3.58. The van der Waals surface area contributed by atoms with Gasteiger partial charge in [0.1, 0.15) is 6.04 Å². The Bertz CT molecular complexity index is 822. The molecular formula is C18H21N3O5. The van der Waals surface area contributed by atoms with Gasteiger partial charge < -0.3 is 20.1 Å². The molecule has 0 aliphatic heterocycles. The lowest BCUT2D eigenvalue weighted by atomic mass is 10.1. The maximum atomic E-state index is 12.4. The zero-order chi connectivity index (χ0) is 19.3. The van der Waals surface area contributed by atoms with Gasteiger partial charge in [-0.2, -0.15) is 0 Å². The molecule has 1 unspecified atom stereocenters. The Labute approximate surface area is 151 Å². The molecule has 0 fully saturated rings. The smallest absolute Gasteiger partial charge is 0.271 e. The molecule has 0 aliphatic carbocycles. The molecule has 0 heterocycles. The molecule has 26 heavy (non-hydrogen) atoms. The summed E-state index contributed by atoms with van der Waals surface area (Å²) in [7, 11) is 3.09. The van der Waals surface area contributed by atoms with Gasteiger partial charge in [0.15, 0.2) is 11.5 Å². The average molecular weight is 359 g/mol. The molecule has 0 aliphatic rings. The lowest BCUT2D eigenvalue weighted by molar-refractivity contribution is -0.384. The predicted octanol–water partition coefficient (Wildman–Crippen LogP) is 3.36. The topological polar surface area (TPSA) is 103 Å². The number of nitrogens with one attached hydrogen (secondary N) is 2. The van der Waals surface area contributed by atoms with Crippen LogP contribution in [0.3, 0.4) is 0 Å². The lowest BCUT2D eigenvalue weighted by Crippen LogP contribution is -2.32. The Kier molecular flexibility index (Phi) is 6.00. The minimum atomic E-state index is -0.578. The molecule has 0 saturated heterocycles. The normalized spacial score (nSPS) is 11.4. The zero-order valence-corrected chi connectivity index (χ0v) is 15.0. The summed E-state index contributed by atoms with van der Waals surface area (Å²) in [4.78, 5) is 22.7. The maximum absolute atomic E-state index is 12.4. The summed E-state index contributed by atoms with van der Waals surface area (Å²) in [6.07, 6.45) is 0. The number of non-ortho nitro benzene ring substituents is 1. The van der Waals surface area contributed by atoms with Gasteiger partial charge in [-0.05, 0) is 31.5 Å². The van der Waals surface area contributed by atoms with Crippen LogP contribution in [0.2, 0.25) is 0 Å². The third-order valence-electron chi connectivity index (χ3n) is 3.82. The van der Waals surface area contributed by atoms with E-state index in [1.807, 2.05) is 13.0 Å². The van der Waals surface area contributed by atoms with Crippen LogP contribution in [0, 0.1) is 17.0 Å². The van der Waals surface area contributed by atoms with Gasteiger partial charge in [-0.3, -0.25) is 14.9 Å². The first kappa shape index (κ1) is 19.0. The highest BCUT2D eigenvalue weighted by Crippen LogP contribution is 2.33. The van der Waals surface area contributed by atoms with Gasteiger partial charge in [-0.1, -0.05) is 6.07 Å². The van der Waals surface area contributed by atoms with Crippen molar-refractivity contribution in [3.63, 3.8) is 0 Å². The van der Waals surface area contributed by atoms with Gasteiger partial charge in [0.2, 0.25) is 5.91 Å². The third-order valence-corrected chi connectivity index (χ3v) is 3.82. The minimum absolute atomic E-state index is 0.0841. The molecule has 8 nitrogen and oxygen atoms in total. The van der Waals surface area contributed by atoms with E-state index in [-0.39, 0.29) is 11.6 Å². The van der Waals surface area contributed by atoms with Crippen LogP contribution in [0.5, 0.6) is 11.5 Å². The zero-order valence-electron chi connectivity index (χ0n) is 15.0. The Morgan fingerprint density at radius 1 is 1.15 bits per heavy atom. The van der Waals surface area contributed by atoms with Crippen LogP contribution >= 0.6 is 0 Å². The van der Waals surface area contributed by atoms with Crippen molar-refractivity contribution in [2.45, 2.75) is 19.9 Å². The Balaban J connectivity index is 2.12. The number of anilines is 2. The molecule has 138 valence electrons. The molecule has 0 bridgehead atoms. The fourth-order valence-corrected chi connectivity index (χ4v) is 2.38. The first-order valence-electron chi connectivity index (χ1n) is 7.90. The number of benzene rings is 2. The summed E-state index contributed by atoms with van der Waals surface area (Å²) >= 11 is 0. The van der Waals surface area contributed by atoms with Crippen LogP contribution in [0.25, 0.3) is 0 Å². The summed E-state index contributed by atoms with van der Waals surface area (Å²) in [5.74, 6) is 0.829. The van der Waals surface area contributed by atoms with E-state index >= 15 is 0 Å². The number of amides is 1. The van der Waals surface area contributed by atoms with Crippen molar-refractivity contribution in [1.82, 2.24) is 0 Å². The highest BCUT2D eigenvalue weighted by Gasteiger charge is 2.17. The molecular weight excluding hydrogens is 338 g/mol. The van der Waals surface area contributed by atoms with Gasteiger partial charge in [0.05, 0.1) is 19.1 Å². The number of methoxy groups -OCH3 is 2. The number of hydrogen-bond acceptors (Lipinski definition) is 6. The van der Waals surface area contributed by atoms with Crippen molar-refractivity contribution in [3.8, 4) is 11.5 Å². The summed E-state index contributed by atoms with van der Waals surface area (Å²) < 4.78 is 10.5. The van der Waals surface area contributed by atoms with Crippen molar-refractivity contribution in [2.75, 3.05) is 24.9 Å². The molecule has 2 rings (SSSR count). The Hall–Kier alpha value is -3.29. The van der Waals surface area contributed by atoms with E-state index in [1.54, 1.807) is 26.2 Å². The number of nitro groups is 1. The highest BCUT2D eigenvalue weighted by atomic mass is 16.6.